The Bertz CT molecular complexity index is 369. The van der Waals surface area contributed by atoms with Crippen LogP contribution < -0.4 is 5.32 Å². The summed E-state index contributed by atoms with van der Waals surface area (Å²) < 4.78 is 36.5. The number of nitrogens with zero attached hydrogens (tertiary/aromatic N) is 2. The van der Waals surface area contributed by atoms with Crippen LogP contribution in [0.4, 0.5) is 12.9 Å². The molecule has 0 aromatic carbocycles. The zero-order valence-electron chi connectivity index (χ0n) is 7.88. The summed E-state index contributed by atoms with van der Waals surface area (Å²) in [5.74, 6) is -0.646. The first-order valence-electron chi connectivity index (χ1n) is 4.16. The molecule has 0 unspecified atom stereocenters. The van der Waals surface area contributed by atoms with Crippen LogP contribution in [0, 0.1) is 0 Å². The summed E-state index contributed by atoms with van der Waals surface area (Å²) in [6, 6.07) is 0. The molecule has 82 valence electrons. The largest absolute Gasteiger partial charge is 0.482 e. The SMILES string of the molecule is CNC(=O)c1ncncc1C[B-](F)(F)F. The van der Waals surface area contributed by atoms with Gasteiger partial charge in [0.15, 0.2) is 0 Å². The van der Waals surface area contributed by atoms with E-state index in [4.69, 9.17) is 0 Å². The average molecular weight is 218 g/mol. The molecule has 0 aliphatic carbocycles. The molecule has 1 rings (SSSR count). The summed E-state index contributed by atoms with van der Waals surface area (Å²) in [7, 11) is 1.33. The molecule has 0 bridgehead atoms. The molecule has 0 aliphatic rings. The molecule has 0 saturated heterocycles. The summed E-state index contributed by atoms with van der Waals surface area (Å²) >= 11 is 0. The van der Waals surface area contributed by atoms with E-state index in [2.05, 4.69) is 15.3 Å². The van der Waals surface area contributed by atoms with Gasteiger partial charge in [0.1, 0.15) is 12.0 Å². The minimum atomic E-state index is -5.00. The van der Waals surface area contributed by atoms with Crippen LogP contribution in [0.3, 0.4) is 0 Å². The summed E-state index contributed by atoms with van der Waals surface area (Å²) in [4.78, 5) is 18.1. The van der Waals surface area contributed by atoms with Gasteiger partial charge in [-0.25, -0.2) is 9.97 Å². The van der Waals surface area contributed by atoms with Gasteiger partial charge in [-0.05, 0) is 5.56 Å². The van der Waals surface area contributed by atoms with Crippen LogP contribution in [0.1, 0.15) is 16.1 Å². The second-order valence-electron chi connectivity index (χ2n) is 2.89. The number of amides is 1. The van der Waals surface area contributed by atoms with Crippen molar-refractivity contribution in [1.29, 1.82) is 0 Å². The molecule has 0 saturated carbocycles. The number of hydrogen-bond donors (Lipinski definition) is 1. The van der Waals surface area contributed by atoms with E-state index in [1.165, 1.54) is 7.05 Å². The zero-order chi connectivity index (χ0) is 11.5. The molecule has 0 atom stereocenters. The van der Waals surface area contributed by atoms with Crippen molar-refractivity contribution in [2.75, 3.05) is 7.05 Å². The number of rotatable bonds is 3. The van der Waals surface area contributed by atoms with E-state index in [0.29, 0.717) is 0 Å². The van der Waals surface area contributed by atoms with Crippen LogP contribution in [0.5, 0.6) is 0 Å². The fourth-order valence-electron chi connectivity index (χ4n) is 1.08. The van der Waals surface area contributed by atoms with Crippen LogP contribution in [0.15, 0.2) is 12.5 Å². The van der Waals surface area contributed by atoms with Crippen LogP contribution in [-0.2, 0) is 6.32 Å². The van der Waals surface area contributed by atoms with Gasteiger partial charge in [0.2, 0.25) is 0 Å². The first-order valence-corrected chi connectivity index (χ1v) is 4.16. The maximum absolute atomic E-state index is 12.2. The topological polar surface area (TPSA) is 54.9 Å². The normalized spacial score (nSPS) is 11.2. The van der Waals surface area contributed by atoms with Crippen LogP contribution in [-0.4, -0.2) is 29.9 Å². The molecular formula is C7H8BF3N3O-. The van der Waals surface area contributed by atoms with Crippen molar-refractivity contribution >= 4 is 12.9 Å². The van der Waals surface area contributed by atoms with Crippen molar-refractivity contribution in [2.45, 2.75) is 6.32 Å². The highest BCUT2D eigenvalue weighted by Crippen LogP contribution is 2.17. The molecule has 1 N–H and O–H groups in total. The third kappa shape index (κ3) is 3.23. The van der Waals surface area contributed by atoms with E-state index < -0.39 is 19.2 Å². The third-order valence-corrected chi connectivity index (χ3v) is 1.68. The molecule has 1 amide bonds. The number of carbonyl (C=O) groups is 1. The fraction of sp³-hybridized carbons (Fsp3) is 0.286. The van der Waals surface area contributed by atoms with E-state index in [1.54, 1.807) is 0 Å². The standard InChI is InChI=1S/C7H8BF3N3O/c1-12-7(15)6-5(2-8(9,10)11)3-13-4-14-6/h3-4H,2H2,1H3,(H,12,15)/q-1. The molecule has 1 aromatic rings. The Kier molecular flexibility index (Phi) is 3.28. The lowest BCUT2D eigenvalue weighted by Gasteiger charge is -2.14. The van der Waals surface area contributed by atoms with Crippen molar-refractivity contribution in [3.05, 3.63) is 23.8 Å². The molecule has 1 heterocycles. The second kappa shape index (κ2) is 4.29. The lowest BCUT2D eigenvalue weighted by molar-refractivity contribution is 0.0957. The fourth-order valence-corrected chi connectivity index (χ4v) is 1.08. The third-order valence-electron chi connectivity index (χ3n) is 1.68. The summed E-state index contributed by atoms with van der Waals surface area (Å²) in [6.07, 6.45) is 0.897. The molecule has 0 radical (unpaired) electrons. The number of carbonyl (C=O) groups excluding carboxylic acids is 1. The van der Waals surface area contributed by atoms with Gasteiger partial charge in [-0.15, -0.1) is 0 Å². The predicted molar refractivity (Wildman–Crippen MR) is 48.2 cm³/mol. The summed E-state index contributed by atoms with van der Waals surface area (Å²) in [5, 5.41) is 2.22. The average Bonchev–Trinajstić information content (AvgIpc) is 2.15. The molecule has 4 nitrogen and oxygen atoms in total. The quantitative estimate of drug-likeness (QED) is 0.762. The van der Waals surface area contributed by atoms with Gasteiger partial charge in [-0.3, -0.25) is 4.79 Å². The number of halogens is 3. The van der Waals surface area contributed by atoms with Crippen molar-refractivity contribution in [1.82, 2.24) is 15.3 Å². The van der Waals surface area contributed by atoms with Gasteiger partial charge in [-0.1, -0.05) is 6.32 Å². The predicted octanol–water partition coefficient (Wildman–Crippen LogP) is 0.765. The van der Waals surface area contributed by atoms with Crippen molar-refractivity contribution in [3.63, 3.8) is 0 Å². The lowest BCUT2D eigenvalue weighted by atomic mass is 9.81. The highest BCUT2D eigenvalue weighted by Gasteiger charge is 2.26. The van der Waals surface area contributed by atoms with Crippen LogP contribution in [0.25, 0.3) is 0 Å². The minimum Gasteiger partial charge on any atom is -0.449 e. The Morgan fingerprint density at radius 2 is 2.20 bits per heavy atom. The van der Waals surface area contributed by atoms with Gasteiger partial charge in [-0.2, -0.15) is 0 Å². The van der Waals surface area contributed by atoms with Gasteiger partial charge >= 0.3 is 6.98 Å². The van der Waals surface area contributed by atoms with Gasteiger partial charge in [0.05, 0.1) is 0 Å². The molecule has 8 heteroatoms. The molecule has 1 aromatic heterocycles. The van der Waals surface area contributed by atoms with Crippen molar-refractivity contribution in [2.24, 2.45) is 0 Å². The minimum absolute atomic E-state index is 0.204. The molecule has 15 heavy (non-hydrogen) atoms. The van der Waals surface area contributed by atoms with Crippen molar-refractivity contribution in [3.8, 4) is 0 Å². The van der Waals surface area contributed by atoms with Crippen LogP contribution >= 0.6 is 0 Å². The van der Waals surface area contributed by atoms with Gasteiger partial charge in [0, 0.05) is 13.2 Å². The monoisotopic (exact) mass is 218 g/mol. The smallest absolute Gasteiger partial charge is 0.449 e. The second-order valence-corrected chi connectivity index (χ2v) is 2.89. The lowest BCUT2D eigenvalue weighted by Crippen LogP contribution is -2.26. The summed E-state index contributed by atoms with van der Waals surface area (Å²) in [5.41, 5.74) is -0.434. The van der Waals surface area contributed by atoms with Gasteiger partial charge in [0.25, 0.3) is 5.91 Å². The maximum Gasteiger partial charge on any atom is 0.482 e. The Morgan fingerprint density at radius 3 is 2.73 bits per heavy atom. The van der Waals surface area contributed by atoms with Gasteiger partial charge < -0.3 is 18.3 Å². The Balaban J connectivity index is 3.02. The molecular weight excluding hydrogens is 210 g/mol. The Hall–Kier alpha value is -1.60. The Morgan fingerprint density at radius 1 is 1.53 bits per heavy atom. The van der Waals surface area contributed by atoms with Crippen LogP contribution in [0.2, 0.25) is 0 Å². The molecule has 0 fully saturated rings. The number of nitrogens with one attached hydrogen (secondary N) is 1. The molecule has 0 aliphatic heterocycles. The Labute approximate surface area is 84.0 Å². The first-order chi connectivity index (χ1) is 6.94. The highest BCUT2D eigenvalue weighted by atomic mass is 19.4. The number of hydrogen-bond acceptors (Lipinski definition) is 3. The maximum atomic E-state index is 12.2. The van der Waals surface area contributed by atoms with E-state index in [1.807, 2.05) is 0 Å². The van der Waals surface area contributed by atoms with E-state index in [0.717, 1.165) is 12.5 Å². The molecule has 0 spiro atoms. The number of aromatic nitrogens is 2. The van der Waals surface area contributed by atoms with E-state index >= 15 is 0 Å². The van der Waals surface area contributed by atoms with Crippen molar-refractivity contribution < 1.29 is 17.7 Å². The summed E-state index contributed by atoms with van der Waals surface area (Å²) in [6.45, 7) is -5.00. The van der Waals surface area contributed by atoms with E-state index in [9.17, 15) is 17.7 Å². The highest BCUT2D eigenvalue weighted by molar-refractivity contribution is 6.58. The zero-order valence-corrected chi connectivity index (χ0v) is 7.88. The first kappa shape index (κ1) is 11.5. The van der Waals surface area contributed by atoms with E-state index in [-0.39, 0.29) is 11.3 Å².